The van der Waals surface area contributed by atoms with Crippen LogP contribution in [0.15, 0.2) is 54.1 Å². The van der Waals surface area contributed by atoms with Gasteiger partial charge in [0.15, 0.2) is 23.0 Å². The third-order valence-corrected chi connectivity index (χ3v) is 7.16. The highest BCUT2D eigenvalue weighted by molar-refractivity contribution is 6.47. The van der Waals surface area contributed by atoms with Crippen LogP contribution < -0.4 is 23.7 Å². The molecule has 0 radical (unpaired) electrons. The summed E-state index contributed by atoms with van der Waals surface area (Å²) in [5.74, 6) is -0.384. The van der Waals surface area contributed by atoms with Crippen LogP contribution in [0.3, 0.4) is 0 Å². The first-order valence-electron chi connectivity index (χ1n) is 11.7. The van der Waals surface area contributed by atoms with Crippen molar-refractivity contribution in [1.29, 1.82) is 0 Å². The van der Waals surface area contributed by atoms with Gasteiger partial charge in [0.25, 0.3) is 11.7 Å². The maximum atomic E-state index is 13.5. The van der Waals surface area contributed by atoms with Crippen LogP contribution in [0.1, 0.15) is 22.7 Å². The number of aliphatic hydroxyl groups is 1. The summed E-state index contributed by atoms with van der Waals surface area (Å²) in [6.07, 6.45) is 0. The fourth-order valence-electron chi connectivity index (χ4n) is 4.73. The predicted molar refractivity (Wildman–Crippen MR) is 143 cm³/mol. The molecule has 11 heteroatoms. The van der Waals surface area contributed by atoms with Crippen LogP contribution >= 0.6 is 23.2 Å². The SMILES string of the molecule is COc1cccc(C2/C(=C(\O)c3cc(Cl)c(OC)c(Cl)c3OC)C(=O)C(=O)N2Cc2ccc3c(c2)OCO3)c1. The van der Waals surface area contributed by atoms with Crippen LogP contribution in [0, 0.1) is 0 Å². The lowest BCUT2D eigenvalue weighted by molar-refractivity contribution is -0.140. The molecule has 1 unspecified atom stereocenters. The molecule has 0 bridgehead atoms. The summed E-state index contributed by atoms with van der Waals surface area (Å²) in [5.41, 5.74) is 1.11. The van der Waals surface area contributed by atoms with Gasteiger partial charge < -0.3 is 33.7 Å². The fraction of sp³-hybridized carbons (Fsp3) is 0.214. The van der Waals surface area contributed by atoms with Crippen LogP contribution in [0.5, 0.6) is 28.7 Å². The normalized spacial score (nSPS) is 17.5. The van der Waals surface area contributed by atoms with Crippen molar-refractivity contribution in [2.75, 3.05) is 28.1 Å². The maximum absolute atomic E-state index is 13.5. The molecule has 39 heavy (non-hydrogen) atoms. The number of carbonyl (C=O) groups excluding carboxylic acids is 2. The zero-order chi connectivity index (χ0) is 27.8. The van der Waals surface area contributed by atoms with Crippen molar-refractivity contribution in [3.63, 3.8) is 0 Å². The van der Waals surface area contributed by atoms with Gasteiger partial charge in [-0.1, -0.05) is 41.4 Å². The van der Waals surface area contributed by atoms with Crippen molar-refractivity contribution in [3.05, 3.63) is 80.8 Å². The molecule has 5 rings (SSSR count). The molecule has 9 nitrogen and oxygen atoms in total. The number of Topliss-reactive ketones (excluding diaryl/α,β-unsaturated/α-hetero) is 1. The summed E-state index contributed by atoms with van der Waals surface area (Å²) in [7, 11) is 4.24. The number of likely N-dealkylation sites (tertiary alicyclic amines) is 1. The van der Waals surface area contributed by atoms with Crippen LogP contribution in [0.2, 0.25) is 10.0 Å². The number of hydrogen-bond acceptors (Lipinski definition) is 8. The van der Waals surface area contributed by atoms with Gasteiger partial charge in [0.05, 0.1) is 43.5 Å². The van der Waals surface area contributed by atoms with Gasteiger partial charge >= 0.3 is 0 Å². The standard InChI is InChI=1S/C28H23Cl2NO8/c1-35-16-6-4-5-15(10-16)23-21(24(32)17-11-18(29)27(37-3)22(30)26(17)36-2)25(33)28(34)31(23)12-14-7-8-19-20(9-14)39-13-38-19/h4-11,23,32H,12-13H2,1-3H3/b24-21+. The molecule has 0 aliphatic carbocycles. The monoisotopic (exact) mass is 571 g/mol. The molecular weight excluding hydrogens is 549 g/mol. The first kappa shape index (κ1) is 26.5. The smallest absolute Gasteiger partial charge is 0.295 e. The molecule has 1 fully saturated rings. The van der Waals surface area contributed by atoms with Gasteiger partial charge in [-0.05, 0) is 41.5 Å². The Hall–Kier alpha value is -4.08. The number of nitrogens with zero attached hydrogens (tertiary/aromatic N) is 1. The minimum atomic E-state index is -0.977. The number of halogens is 2. The van der Waals surface area contributed by atoms with E-state index in [4.69, 9.17) is 46.9 Å². The summed E-state index contributed by atoms with van der Waals surface area (Å²) < 4.78 is 26.9. The van der Waals surface area contributed by atoms with Crippen molar-refractivity contribution in [2.45, 2.75) is 12.6 Å². The van der Waals surface area contributed by atoms with Gasteiger partial charge in [-0.15, -0.1) is 0 Å². The molecule has 202 valence electrons. The minimum Gasteiger partial charge on any atom is -0.507 e. The summed E-state index contributed by atoms with van der Waals surface area (Å²) >= 11 is 12.8. The minimum absolute atomic E-state index is 0.00145. The van der Waals surface area contributed by atoms with E-state index in [9.17, 15) is 14.7 Å². The third kappa shape index (κ3) is 4.57. The molecular formula is C28H23Cl2NO8. The number of hydrogen-bond donors (Lipinski definition) is 1. The van der Waals surface area contributed by atoms with Crippen molar-refractivity contribution < 1.29 is 38.4 Å². The summed E-state index contributed by atoms with van der Waals surface area (Å²) in [6.45, 7) is 0.142. The lowest BCUT2D eigenvalue weighted by Gasteiger charge is -2.26. The zero-order valence-electron chi connectivity index (χ0n) is 21.1. The van der Waals surface area contributed by atoms with Gasteiger partial charge in [0.1, 0.15) is 16.5 Å². The quantitative estimate of drug-likeness (QED) is 0.229. The van der Waals surface area contributed by atoms with Gasteiger partial charge in [-0.3, -0.25) is 9.59 Å². The van der Waals surface area contributed by atoms with E-state index in [2.05, 4.69) is 0 Å². The number of aliphatic hydroxyl groups excluding tert-OH is 1. The highest BCUT2D eigenvalue weighted by Crippen LogP contribution is 2.48. The molecule has 0 spiro atoms. The average molecular weight is 572 g/mol. The Labute approximate surface area is 234 Å². The van der Waals surface area contributed by atoms with Gasteiger partial charge in [0.2, 0.25) is 6.79 Å². The Morgan fingerprint density at radius 1 is 0.974 bits per heavy atom. The second-order valence-electron chi connectivity index (χ2n) is 8.68. The number of benzene rings is 3. The van der Waals surface area contributed by atoms with E-state index in [-0.39, 0.29) is 46.0 Å². The van der Waals surface area contributed by atoms with Crippen LogP contribution in [-0.4, -0.2) is 49.8 Å². The van der Waals surface area contributed by atoms with E-state index in [1.54, 1.807) is 42.5 Å². The fourth-order valence-corrected chi connectivity index (χ4v) is 5.42. The van der Waals surface area contributed by atoms with Gasteiger partial charge in [0, 0.05) is 6.54 Å². The summed E-state index contributed by atoms with van der Waals surface area (Å²) in [4.78, 5) is 28.4. The molecule has 3 aromatic carbocycles. The molecule has 0 saturated carbocycles. The van der Waals surface area contributed by atoms with Crippen molar-refractivity contribution >= 4 is 40.7 Å². The Kier molecular flexibility index (Phi) is 7.20. The molecule has 0 aromatic heterocycles. The topological polar surface area (TPSA) is 104 Å². The first-order valence-corrected chi connectivity index (χ1v) is 12.5. The Balaban J connectivity index is 1.69. The van der Waals surface area contributed by atoms with Crippen molar-refractivity contribution in [3.8, 4) is 28.7 Å². The van der Waals surface area contributed by atoms with E-state index in [1.807, 2.05) is 0 Å². The largest absolute Gasteiger partial charge is 0.507 e. The number of methoxy groups -OCH3 is 3. The zero-order valence-corrected chi connectivity index (χ0v) is 22.6. The third-order valence-electron chi connectivity index (χ3n) is 6.53. The number of carbonyl (C=O) groups is 2. The maximum Gasteiger partial charge on any atom is 0.295 e. The summed E-state index contributed by atoms with van der Waals surface area (Å²) in [6, 6.07) is 12.6. The lowest BCUT2D eigenvalue weighted by atomic mass is 9.94. The lowest BCUT2D eigenvalue weighted by Crippen LogP contribution is -2.29. The predicted octanol–water partition coefficient (Wildman–Crippen LogP) is 5.37. The number of fused-ring (bicyclic) bond motifs is 1. The molecule has 1 amide bonds. The molecule has 1 atom stereocenters. The highest BCUT2D eigenvalue weighted by Gasteiger charge is 2.46. The van der Waals surface area contributed by atoms with E-state index in [0.29, 0.717) is 28.4 Å². The van der Waals surface area contributed by atoms with Crippen molar-refractivity contribution in [2.24, 2.45) is 0 Å². The van der Waals surface area contributed by atoms with E-state index < -0.39 is 23.5 Å². The molecule has 3 aromatic rings. The van der Waals surface area contributed by atoms with E-state index in [0.717, 1.165) is 0 Å². The number of rotatable bonds is 7. The van der Waals surface area contributed by atoms with Crippen LogP contribution in [-0.2, 0) is 16.1 Å². The molecule has 2 heterocycles. The Morgan fingerprint density at radius 3 is 2.44 bits per heavy atom. The number of amides is 1. The van der Waals surface area contributed by atoms with Gasteiger partial charge in [-0.25, -0.2) is 0 Å². The Morgan fingerprint density at radius 2 is 1.72 bits per heavy atom. The van der Waals surface area contributed by atoms with Crippen LogP contribution in [0.4, 0.5) is 0 Å². The molecule has 2 aliphatic rings. The Bertz CT molecular complexity index is 1520. The number of ether oxygens (including phenoxy) is 5. The van der Waals surface area contributed by atoms with E-state index >= 15 is 0 Å². The summed E-state index contributed by atoms with van der Waals surface area (Å²) in [5, 5.41) is 11.7. The average Bonchev–Trinajstić information content (AvgIpc) is 3.50. The number of ketones is 1. The second-order valence-corrected chi connectivity index (χ2v) is 9.46. The van der Waals surface area contributed by atoms with Crippen molar-refractivity contribution in [1.82, 2.24) is 4.90 Å². The van der Waals surface area contributed by atoms with Gasteiger partial charge in [-0.2, -0.15) is 0 Å². The van der Waals surface area contributed by atoms with Crippen LogP contribution in [0.25, 0.3) is 5.76 Å². The second kappa shape index (κ2) is 10.6. The molecule has 1 N–H and O–H groups in total. The first-order chi connectivity index (χ1) is 18.8. The highest BCUT2D eigenvalue weighted by atomic mass is 35.5. The molecule has 1 saturated heterocycles. The molecule has 2 aliphatic heterocycles. The van der Waals surface area contributed by atoms with E-state index in [1.165, 1.54) is 32.3 Å².